The van der Waals surface area contributed by atoms with Gasteiger partial charge in [0.15, 0.2) is 0 Å². The van der Waals surface area contributed by atoms with Gasteiger partial charge in [-0.15, -0.1) is 0 Å². The van der Waals surface area contributed by atoms with E-state index in [1.165, 1.54) is 33.1 Å². The van der Waals surface area contributed by atoms with Crippen LogP contribution in [0.1, 0.15) is 41.5 Å². The first-order valence-electron chi connectivity index (χ1n) is 13.4. The Labute approximate surface area is 244 Å². The second-order valence-electron chi connectivity index (χ2n) is 12.4. The Hall–Kier alpha value is -3.25. The van der Waals surface area contributed by atoms with Crippen molar-refractivity contribution in [2.75, 3.05) is 0 Å². The molecule has 2 aliphatic rings. The number of fused-ring (bicyclic) bond motifs is 3. The predicted octanol–water partition coefficient (Wildman–Crippen LogP) is 9.56. The van der Waals surface area contributed by atoms with E-state index in [9.17, 15) is 16.9 Å². The van der Waals surface area contributed by atoms with Gasteiger partial charge >= 0.3 is 36.4 Å². The molecular formula is C33H34F6NOSb. The SMILES string of the molecule is CC(C)(C)C1=CC(=C/C=c2\ccc3c(c2)-c2ccccc2[N+]=3c2ccccc2)C=C(C(C)(C)C)O1.[F][Sb-]([F])([F])([F])([F])[F]. The summed E-state index contributed by atoms with van der Waals surface area (Å²) in [7, 11) is 0. The van der Waals surface area contributed by atoms with Crippen molar-refractivity contribution in [3.05, 3.63) is 119 Å². The number of hydrogen-bond donors (Lipinski definition) is 0. The molecule has 2 aliphatic heterocycles. The van der Waals surface area contributed by atoms with Gasteiger partial charge < -0.3 is 4.74 Å². The van der Waals surface area contributed by atoms with Crippen LogP contribution >= 0.6 is 0 Å². The first-order chi connectivity index (χ1) is 19.1. The summed E-state index contributed by atoms with van der Waals surface area (Å²) in [6, 6.07) is 26.0. The van der Waals surface area contributed by atoms with E-state index >= 15 is 0 Å². The van der Waals surface area contributed by atoms with Crippen LogP contribution in [0.5, 0.6) is 0 Å². The molecule has 0 amide bonds. The molecule has 0 radical (unpaired) electrons. The molecule has 42 heavy (non-hydrogen) atoms. The number of hydrogen-bond acceptors (Lipinski definition) is 1. The summed E-state index contributed by atoms with van der Waals surface area (Å²) in [5.41, 5.74) is 6.00. The molecule has 3 aromatic rings. The maximum absolute atomic E-state index is 11.2. The fourth-order valence-electron chi connectivity index (χ4n) is 4.50. The van der Waals surface area contributed by atoms with Gasteiger partial charge in [-0.25, -0.2) is 0 Å². The van der Waals surface area contributed by atoms with Crippen LogP contribution in [0, 0.1) is 10.8 Å². The van der Waals surface area contributed by atoms with Gasteiger partial charge in [-0.2, -0.15) is 4.58 Å². The number of para-hydroxylation sites is 2. The van der Waals surface area contributed by atoms with Gasteiger partial charge in [-0.3, -0.25) is 0 Å². The zero-order chi connectivity index (χ0) is 31.2. The predicted molar refractivity (Wildman–Crippen MR) is 159 cm³/mol. The Bertz CT molecular complexity index is 1700. The first-order valence-corrected chi connectivity index (χ1v) is 19.2. The third-order valence-electron chi connectivity index (χ3n) is 6.47. The van der Waals surface area contributed by atoms with Crippen molar-refractivity contribution in [1.29, 1.82) is 0 Å². The molecule has 2 heterocycles. The van der Waals surface area contributed by atoms with E-state index in [0.717, 1.165) is 17.1 Å². The van der Waals surface area contributed by atoms with Crippen LogP contribution in [-0.2, 0) is 4.74 Å². The van der Waals surface area contributed by atoms with Gasteiger partial charge in [0, 0.05) is 35.1 Å². The summed E-state index contributed by atoms with van der Waals surface area (Å²) in [4.78, 5) is 0. The fourth-order valence-corrected chi connectivity index (χ4v) is 4.50. The van der Waals surface area contributed by atoms with Crippen LogP contribution in [0.25, 0.3) is 17.2 Å². The zero-order valence-electron chi connectivity index (χ0n) is 24.3. The Morgan fingerprint density at radius 1 is 0.643 bits per heavy atom. The molecule has 9 heteroatoms. The first kappa shape index (κ1) is 31.7. The van der Waals surface area contributed by atoms with E-state index in [1.54, 1.807) is 0 Å². The molecular weight excluding hydrogens is 662 g/mol. The van der Waals surface area contributed by atoms with E-state index in [1.807, 2.05) is 0 Å². The summed E-state index contributed by atoms with van der Waals surface area (Å²) in [6.45, 7) is 13.2. The number of ether oxygens (including phenoxy) is 1. The van der Waals surface area contributed by atoms with Crippen molar-refractivity contribution < 1.29 is 21.6 Å². The van der Waals surface area contributed by atoms with Crippen LogP contribution in [-0.4, -0.2) is 19.5 Å². The van der Waals surface area contributed by atoms with E-state index in [-0.39, 0.29) is 10.8 Å². The Kier molecular flexibility index (Phi) is 7.68. The van der Waals surface area contributed by atoms with E-state index in [4.69, 9.17) is 4.74 Å². The Balaban J connectivity index is 0.000000517. The molecule has 0 fully saturated rings. The van der Waals surface area contributed by atoms with Crippen molar-refractivity contribution in [1.82, 2.24) is 4.58 Å². The normalized spacial score (nSPS) is 17.0. The molecule has 0 saturated heterocycles. The molecule has 0 aromatic heterocycles. The number of benzene rings is 3. The molecule has 0 atom stereocenters. The zero-order valence-corrected chi connectivity index (χ0v) is 26.9. The summed E-state index contributed by atoms with van der Waals surface area (Å²) in [5.74, 6) is 2.01. The molecule has 3 aromatic carbocycles. The monoisotopic (exact) mass is 695 g/mol. The topological polar surface area (TPSA) is 12.2 Å². The fraction of sp³-hybridized carbons (Fsp3) is 0.242. The summed E-state index contributed by atoms with van der Waals surface area (Å²) in [5, 5.41) is 2.40. The van der Waals surface area contributed by atoms with Gasteiger partial charge in [-0.05, 0) is 41.1 Å². The van der Waals surface area contributed by atoms with Gasteiger partial charge in [0.05, 0.1) is 11.1 Å². The molecule has 0 spiro atoms. The van der Waals surface area contributed by atoms with Crippen molar-refractivity contribution in [2.45, 2.75) is 41.5 Å². The number of nitrogens with zero attached hydrogens (tertiary/aromatic N) is 1. The molecule has 0 unspecified atom stereocenters. The van der Waals surface area contributed by atoms with Crippen LogP contribution in [0.15, 0.2) is 108 Å². The minimum atomic E-state index is -11.2. The summed E-state index contributed by atoms with van der Waals surface area (Å²) in [6.07, 6.45) is 8.76. The van der Waals surface area contributed by atoms with Crippen LogP contribution in [0.4, 0.5) is 28.3 Å². The molecule has 5 rings (SSSR count). The third kappa shape index (κ3) is 8.63. The van der Waals surface area contributed by atoms with E-state index < -0.39 is 19.5 Å². The second kappa shape index (κ2) is 10.2. The Morgan fingerprint density at radius 3 is 1.71 bits per heavy atom. The summed E-state index contributed by atoms with van der Waals surface area (Å²) < 4.78 is 68.2. The standard InChI is InChI=1S/C33H34NO.6FH.Sb/c1-32(2,3)30-21-24(22-31(35-30)33(4,5)6)17-16-23-18-19-29-27(20-23)26-14-10-11-15-28(26)34(29)25-12-8-7-9-13-25;;;;;;;/h7-22H,1-6H3;6*1H;/q+1;;;;;;;+5/p-6/b23-16+;;;;;;;. The number of allylic oxidation sites excluding steroid dienone is 6. The van der Waals surface area contributed by atoms with E-state index in [0.29, 0.717) is 0 Å². The van der Waals surface area contributed by atoms with Crippen molar-refractivity contribution in [2.24, 2.45) is 10.8 Å². The molecule has 0 N–H and O–H groups in total. The van der Waals surface area contributed by atoms with Crippen molar-refractivity contribution in [3.8, 4) is 11.1 Å². The molecule has 0 bridgehead atoms. The van der Waals surface area contributed by atoms with Gasteiger partial charge in [0.25, 0.3) is 0 Å². The minimum absolute atomic E-state index is 0.0535. The maximum atomic E-state index is 9.93. The van der Waals surface area contributed by atoms with Crippen LogP contribution < -0.4 is 15.2 Å². The average molecular weight is 696 g/mol. The van der Waals surface area contributed by atoms with Gasteiger partial charge in [-0.1, -0.05) is 84.0 Å². The number of rotatable bonds is 2. The van der Waals surface area contributed by atoms with Gasteiger partial charge in [0.2, 0.25) is 16.7 Å². The molecule has 224 valence electrons. The van der Waals surface area contributed by atoms with Crippen molar-refractivity contribution >= 4 is 36.9 Å². The second-order valence-corrected chi connectivity index (χ2v) is 17.8. The van der Waals surface area contributed by atoms with Crippen molar-refractivity contribution in [3.63, 3.8) is 0 Å². The third-order valence-corrected chi connectivity index (χ3v) is 6.47. The quantitative estimate of drug-likeness (QED) is 0.116. The van der Waals surface area contributed by atoms with Crippen LogP contribution in [0.2, 0.25) is 0 Å². The molecule has 2 nitrogen and oxygen atoms in total. The number of halogens is 6. The van der Waals surface area contributed by atoms with E-state index in [2.05, 4.69) is 143 Å². The summed E-state index contributed by atoms with van der Waals surface area (Å²) >= 11 is -11.2. The molecule has 0 aliphatic carbocycles. The average Bonchev–Trinajstić information content (AvgIpc) is 3.19. The van der Waals surface area contributed by atoms with Crippen LogP contribution in [0.3, 0.4) is 0 Å². The van der Waals surface area contributed by atoms with Gasteiger partial charge in [0.1, 0.15) is 11.5 Å². The molecule has 0 saturated carbocycles. The Morgan fingerprint density at radius 2 is 1.17 bits per heavy atom.